The maximum Gasteiger partial charge on any atom is 0.139 e. The molecule has 1 aliphatic rings. The molecule has 4 rings (SSSR count). The van der Waals surface area contributed by atoms with Crippen LogP contribution in [0.3, 0.4) is 0 Å². The van der Waals surface area contributed by atoms with Crippen LogP contribution in [0.15, 0.2) is 24.7 Å². The molecule has 3 aromatic rings. The smallest absolute Gasteiger partial charge is 0.139 e. The molecule has 0 radical (unpaired) electrons. The van der Waals surface area contributed by atoms with Crippen molar-refractivity contribution in [3.05, 3.63) is 24.7 Å². The summed E-state index contributed by atoms with van der Waals surface area (Å²) in [6.07, 6.45) is 6.20. The SMILES string of the molecule is Cn1cc2cc3c(N4CCCC4)ncnc3cc2n1. The molecule has 1 fully saturated rings. The first-order valence-corrected chi connectivity index (χ1v) is 6.64. The van der Waals surface area contributed by atoms with E-state index in [-0.39, 0.29) is 0 Å². The molecule has 96 valence electrons. The predicted octanol–water partition coefficient (Wildman–Crippen LogP) is 2.12. The molecule has 5 nitrogen and oxygen atoms in total. The lowest BCUT2D eigenvalue weighted by molar-refractivity contribution is 0.780. The Morgan fingerprint density at radius 3 is 2.74 bits per heavy atom. The molecule has 5 heteroatoms. The number of fused-ring (bicyclic) bond motifs is 2. The van der Waals surface area contributed by atoms with Crippen LogP contribution in [-0.4, -0.2) is 32.8 Å². The maximum absolute atomic E-state index is 4.49. The quantitative estimate of drug-likeness (QED) is 0.666. The molecule has 0 saturated carbocycles. The largest absolute Gasteiger partial charge is 0.356 e. The highest BCUT2D eigenvalue weighted by Crippen LogP contribution is 2.28. The van der Waals surface area contributed by atoms with Crippen LogP contribution in [0.4, 0.5) is 5.82 Å². The fourth-order valence-electron chi connectivity index (χ4n) is 2.87. The van der Waals surface area contributed by atoms with Gasteiger partial charge in [0.2, 0.25) is 0 Å². The van der Waals surface area contributed by atoms with E-state index in [1.54, 1.807) is 6.33 Å². The molecule has 0 bridgehead atoms. The highest BCUT2D eigenvalue weighted by atomic mass is 15.2. The first-order valence-electron chi connectivity index (χ1n) is 6.64. The van der Waals surface area contributed by atoms with E-state index in [4.69, 9.17) is 0 Å². The monoisotopic (exact) mass is 253 g/mol. The van der Waals surface area contributed by atoms with Gasteiger partial charge in [-0.25, -0.2) is 9.97 Å². The lowest BCUT2D eigenvalue weighted by atomic mass is 10.1. The van der Waals surface area contributed by atoms with Crippen molar-refractivity contribution in [3.8, 4) is 0 Å². The molecular weight excluding hydrogens is 238 g/mol. The van der Waals surface area contributed by atoms with Crippen LogP contribution in [0, 0.1) is 0 Å². The third-order valence-electron chi connectivity index (χ3n) is 3.76. The summed E-state index contributed by atoms with van der Waals surface area (Å²) < 4.78 is 1.84. The maximum atomic E-state index is 4.49. The van der Waals surface area contributed by atoms with Crippen LogP contribution in [0.25, 0.3) is 21.8 Å². The fraction of sp³-hybridized carbons (Fsp3) is 0.357. The van der Waals surface area contributed by atoms with Crippen molar-refractivity contribution >= 4 is 27.6 Å². The van der Waals surface area contributed by atoms with Crippen LogP contribution in [0.5, 0.6) is 0 Å². The van der Waals surface area contributed by atoms with E-state index in [9.17, 15) is 0 Å². The van der Waals surface area contributed by atoms with Crippen molar-refractivity contribution in [2.45, 2.75) is 12.8 Å². The Balaban J connectivity index is 2.00. The summed E-state index contributed by atoms with van der Waals surface area (Å²) in [6.45, 7) is 2.19. The summed E-state index contributed by atoms with van der Waals surface area (Å²) in [5.41, 5.74) is 1.96. The van der Waals surface area contributed by atoms with E-state index in [1.165, 1.54) is 12.8 Å². The average Bonchev–Trinajstić information content (AvgIpc) is 3.03. The Morgan fingerprint density at radius 1 is 1.05 bits per heavy atom. The van der Waals surface area contributed by atoms with Gasteiger partial charge in [-0.05, 0) is 25.0 Å². The second-order valence-electron chi connectivity index (χ2n) is 5.12. The Kier molecular flexibility index (Phi) is 2.21. The van der Waals surface area contributed by atoms with Gasteiger partial charge >= 0.3 is 0 Å². The van der Waals surface area contributed by atoms with E-state index in [0.717, 1.165) is 40.7 Å². The summed E-state index contributed by atoms with van der Waals surface area (Å²) >= 11 is 0. The zero-order valence-corrected chi connectivity index (χ0v) is 10.9. The number of hydrogen-bond donors (Lipinski definition) is 0. The first kappa shape index (κ1) is 10.7. The summed E-state index contributed by atoms with van der Waals surface area (Å²) in [5, 5.41) is 6.71. The van der Waals surface area contributed by atoms with Crippen molar-refractivity contribution in [2.75, 3.05) is 18.0 Å². The molecule has 19 heavy (non-hydrogen) atoms. The molecule has 1 aliphatic heterocycles. The topological polar surface area (TPSA) is 46.8 Å². The van der Waals surface area contributed by atoms with Crippen LogP contribution in [0.1, 0.15) is 12.8 Å². The minimum atomic E-state index is 0.975. The molecule has 3 heterocycles. The van der Waals surface area contributed by atoms with Crippen LogP contribution >= 0.6 is 0 Å². The van der Waals surface area contributed by atoms with E-state index in [2.05, 4.69) is 26.0 Å². The highest BCUT2D eigenvalue weighted by Gasteiger charge is 2.17. The van der Waals surface area contributed by atoms with E-state index < -0.39 is 0 Å². The fourth-order valence-corrected chi connectivity index (χ4v) is 2.87. The van der Waals surface area contributed by atoms with E-state index in [0.29, 0.717) is 0 Å². The predicted molar refractivity (Wildman–Crippen MR) is 75.3 cm³/mol. The lowest BCUT2D eigenvalue weighted by Gasteiger charge is -2.17. The molecule has 1 saturated heterocycles. The third kappa shape index (κ3) is 1.65. The van der Waals surface area contributed by atoms with Gasteiger partial charge in [-0.15, -0.1) is 0 Å². The van der Waals surface area contributed by atoms with Gasteiger partial charge in [-0.2, -0.15) is 5.10 Å². The Morgan fingerprint density at radius 2 is 1.89 bits per heavy atom. The van der Waals surface area contributed by atoms with Gasteiger partial charge in [0.05, 0.1) is 11.0 Å². The van der Waals surface area contributed by atoms with Gasteiger partial charge in [0.15, 0.2) is 0 Å². The molecule has 0 spiro atoms. The number of hydrogen-bond acceptors (Lipinski definition) is 4. The average molecular weight is 253 g/mol. The highest BCUT2D eigenvalue weighted by molar-refractivity contribution is 5.99. The second-order valence-corrected chi connectivity index (χ2v) is 5.12. The molecule has 0 amide bonds. The number of anilines is 1. The van der Waals surface area contributed by atoms with Crippen molar-refractivity contribution < 1.29 is 0 Å². The molecule has 0 atom stereocenters. The number of aryl methyl sites for hydroxylation is 1. The molecular formula is C14H15N5. The number of aromatic nitrogens is 4. The Bertz CT molecular complexity index is 755. The Hall–Kier alpha value is -2.17. The van der Waals surface area contributed by atoms with Gasteiger partial charge in [0, 0.05) is 37.1 Å². The van der Waals surface area contributed by atoms with Gasteiger partial charge in [-0.1, -0.05) is 0 Å². The molecule has 0 N–H and O–H groups in total. The summed E-state index contributed by atoms with van der Waals surface area (Å²) in [6, 6.07) is 4.21. The zero-order valence-electron chi connectivity index (χ0n) is 10.9. The van der Waals surface area contributed by atoms with Gasteiger partial charge in [0.1, 0.15) is 12.1 Å². The van der Waals surface area contributed by atoms with Crippen molar-refractivity contribution in [1.29, 1.82) is 0 Å². The zero-order chi connectivity index (χ0) is 12.8. The second kappa shape index (κ2) is 3.91. The van der Waals surface area contributed by atoms with Gasteiger partial charge < -0.3 is 4.90 Å². The molecule has 2 aromatic heterocycles. The molecule has 1 aromatic carbocycles. The minimum absolute atomic E-state index is 0.975. The van der Waals surface area contributed by atoms with Gasteiger partial charge in [0.25, 0.3) is 0 Å². The van der Waals surface area contributed by atoms with E-state index >= 15 is 0 Å². The van der Waals surface area contributed by atoms with Crippen LogP contribution in [-0.2, 0) is 7.05 Å². The number of rotatable bonds is 1. The van der Waals surface area contributed by atoms with E-state index in [1.807, 2.05) is 24.0 Å². The van der Waals surface area contributed by atoms with Crippen LogP contribution < -0.4 is 4.90 Å². The first-order chi connectivity index (χ1) is 9.31. The molecule has 0 unspecified atom stereocenters. The molecule has 0 aliphatic carbocycles. The lowest BCUT2D eigenvalue weighted by Crippen LogP contribution is -2.19. The summed E-state index contributed by atoms with van der Waals surface area (Å²) in [5.74, 6) is 1.06. The minimum Gasteiger partial charge on any atom is -0.356 e. The third-order valence-corrected chi connectivity index (χ3v) is 3.76. The van der Waals surface area contributed by atoms with Crippen LogP contribution in [0.2, 0.25) is 0 Å². The Labute approximate surface area is 110 Å². The standard InChI is InChI=1S/C14H15N5/c1-18-8-10-6-11-13(7-12(10)17-18)15-9-16-14(11)19-4-2-3-5-19/h6-9H,2-5H2,1H3. The van der Waals surface area contributed by atoms with Crippen molar-refractivity contribution in [2.24, 2.45) is 7.05 Å². The normalized spacial score (nSPS) is 15.7. The summed E-state index contributed by atoms with van der Waals surface area (Å²) in [7, 11) is 1.94. The van der Waals surface area contributed by atoms with Gasteiger partial charge in [-0.3, -0.25) is 4.68 Å². The number of benzene rings is 1. The van der Waals surface area contributed by atoms with Crippen molar-refractivity contribution in [1.82, 2.24) is 19.7 Å². The van der Waals surface area contributed by atoms with Crippen molar-refractivity contribution in [3.63, 3.8) is 0 Å². The summed E-state index contributed by atoms with van der Waals surface area (Å²) in [4.78, 5) is 11.2. The number of nitrogens with zero attached hydrogens (tertiary/aromatic N) is 5.